The first kappa shape index (κ1) is 13.1. The number of rotatable bonds is 1. The number of aryl methyl sites for hydroxylation is 1. The minimum Gasteiger partial charge on any atom is -0.369 e. The lowest BCUT2D eigenvalue weighted by atomic mass is 9.82. The van der Waals surface area contributed by atoms with Crippen LogP contribution in [0.4, 0.5) is 5.69 Å². The minimum absolute atomic E-state index is 0.107. The molecule has 2 atom stereocenters. The van der Waals surface area contributed by atoms with E-state index in [4.69, 9.17) is 5.73 Å². The van der Waals surface area contributed by atoms with E-state index in [9.17, 15) is 0 Å². The third-order valence-electron chi connectivity index (χ3n) is 5.71. The molecule has 112 valence electrons. The Balaban J connectivity index is 1.73. The molecule has 0 radical (unpaired) electrons. The van der Waals surface area contributed by atoms with Gasteiger partial charge in [0.05, 0.1) is 12.1 Å². The van der Waals surface area contributed by atoms with Crippen LogP contribution in [-0.2, 0) is 0 Å². The fourth-order valence-corrected chi connectivity index (χ4v) is 4.64. The van der Waals surface area contributed by atoms with Gasteiger partial charge in [0.1, 0.15) is 0 Å². The zero-order valence-corrected chi connectivity index (χ0v) is 12.9. The molecule has 2 bridgehead atoms. The molecular weight excluding hydrogens is 260 g/mol. The molecule has 4 heteroatoms. The number of piperidine rings is 1. The highest BCUT2D eigenvalue weighted by atomic mass is 15.4. The second kappa shape index (κ2) is 4.47. The Kier molecular flexibility index (Phi) is 2.80. The average molecular weight is 284 g/mol. The lowest BCUT2D eigenvalue weighted by Crippen LogP contribution is -2.60. The van der Waals surface area contributed by atoms with Crippen LogP contribution in [-0.4, -0.2) is 42.1 Å². The van der Waals surface area contributed by atoms with Crippen LogP contribution < -0.4 is 10.6 Å². The Bertz CT molecular complexity index is 580. The predicted octanol–water partition coefficient (Wildman–Crippen LogP) is 2.13. The summed E-state index contributed by atoms with van der Waals surface area (Å²) >= 11 is 0. The number of fused-ring (bicyclic) bond motifs is 2. The third kappa shape index (κ3) is 1.89. The molecule has 2 saturated heterocycles. The number of nitrogens with zero attached hydrogens (tertiary/aromatic N) is 3. The molecule has 0 aromatic heterocycles. The Morgan fingerprint density at radius 3 is 2.62 bits per heavy atom. The third-order valence-corrected chi connectivity index (χ3v) is 5.71. The van der Waals surface area contributed by atoms with Gasteiger partial charge in [0.25, 0.3) is 0 Å². The van der Waals surface area contributed by atoms with E-state index in [0.29, 0.717) is 18.0 Å². The fraction of sp³-hybridized carbons (Fsp3) is 0.588. The summed E-state index contributed by atoms with van der Waals surface area (Å²) in [6.45, 7) is 2.99. The van der Waals surface area contributed by atoms with E-state index in [1.807, 2.05) is 0 Å². The zero-order chi connectivity index (χ0) is 14.6. The number of nitrogens with two attached hydrogens (primary N) is 1. The van der Waals surface area contributed by atoms with Crippen LogP contribution in [0.25, 0.3) is 0 Å². The van der Waals surface area contributed by atoms with Gasteiger partial charge < -0.3 is 15.5 Å². The van der Waals surface area contributed by atoms with E-state index in [0.717, 1.165) is 6.54 Å². The second-order valence-electron chi connectivity index (χ2n) is 7.03. The normalized spacial score (nSPS) is 35.5. The first-order valence-electron chi connectivity index (χ1n) is 7.98. The summed E-state index contributed by atoms with van der Waals surface area (Å²) in [7, 11) is 2.28. The van der Waals surface area contributed by atoms with E-state index in [1.54, 1.807) is 0 Å². The van der Waals surface area contributed by atoms with Crippen molar-refractivity contribution >= 4 is 11.6 Å². The maximum Gasteiger partial charge on any atom is 0.196 e. The van der Waals surface area contributed by atoms with Gasteiger partial charge in [-0.25, -0.2) is 0 Å². The number of anilines is 1. The van der Waals surface area contributed by atoms with Gasteiger partial charge in [0, 0.05) is 17.8 Å². The van der Waals surface area contributed by atoms with Gasteiger partial charge in [0.2, 0.25) is 0 Å². The summed E-state index contributed by atoms with van der Waals surface area (Å²) in [5.74, 6) is 0.699. The molecule has 0 amide bonds. The molecular formula is C17H24N4. The van der Waals surface area contributed by atoms with Gasteiger partial charge in [-0.1, -0.05) is 12.1 Å². The molecule has 21 heavy (non-hydrogen) atoms. The predicted molar refractivity (Wildman–Crippen MR) is 86.7 cm³/mol. The quantitative estimate of drug-likeness (QED) is 0.859. The highest BCUT2D eigenvalue weighted by molar-refractivity contribution is 5.98. The van der Waals surface area contributed by atoms with Crippen LogP contribution >= 0.6 is 0 Å². The first-order chi connectivity index (χ1) is 10.1. The molecule has 3 heterocycles. The maximum absolute atomic E-state index is 6.27. The maximum atomic E-state index is 6.27. The lowest BCUT2D eigenvalue weighted by Gasteiger charge is -2.48. The van der Waals surface area contributed by atoms with Gasteiger partial charge >= 0.3 is 0 Å². The topological polar surface area (TPSA) is 44.9 Å². The Morgan fingerprint density at radius 1 is 1.24 bits per heavy atom. The minimum atomic E-state index is 0.107. The molecule has 0 aliphatic carbocycles. The monoisotopic (exact) mass is 284 g/mol. The molecule has 3 aliphatic heterocycles. The SMILES string of the molecule is Cc1cccc(N2C(N)=NCC23CC2CCC(C3)N2C)c1. The highest BCUT2D eigenvalue weighted by Gasteiger charge is 2.52. The van der Waals surface area contributed by atoms with Crippen LogP contribution in [0.5, 0.6) is 0 Å². The second-order valence-corrected chi connectivity index (χ2v) is 7.03. The number of hydrogen-bond donors (Lipinski definition) is 1. The Labute approximate surface area is 126 Å². The molecule has 1 aromatic carbocycles. The van der Waals surface area contributed by atoms with Crippen LogP contribution in [0.15, 0.2) is 29.3 Å². The van der Waals surface area contributed by atoms with Crippen LogP contribution in [0.2, 0.25) is 0 Å². The van der Waals surface area contributed by atoms with Gasteiger partial charge in [-0.15, -0.1) is 0 Å². The van der Waals surface area contributed by atoms with E-state index in [2.05, 4.69) is 53.0 Å². The average Bonchev–Trinajstić information content (AvgIpc) is 2.85. The largest absolute Gasteiger partial charge is 0.369 e. The van der Waals surface area contributed by atoms with Crippen molar-refractivity contribution in [3.63, 3.8) is 0 Å². The molecule has 4 nitrogen and oxygen atoms in total. The number of benzene rings is 1. The number of guanidine groups is 1. The molecule has 4 rings (SSSR count). The van der Waals surface area contributed by atoms with Crippen molar-refractivity contribution in [2.24, 2.45) is 10.7 Å². The van der Waals surface area contributed by atoms with Crippen molar-refractivity contribution < 1.29 is 0 Å². The summed E-state index contributed by atoms with van der Waals surface area (Å²) in [6, 6.07) is 10.0. The van der Waals surface area contributed by atoms with Gasteiger partial charge in [-0.3, -0.25) is 4.99 Å². The van der Waals surface area contributed by atoms with Gasteiger partial charge in [-0.2, -0.15) is 0 Å². The van der Waals surface area contributed by atoms with Crippen molar-refractivity contribution in [1.29, 1.82) is 0 Å². The summed E-state index contributed by atoms with van der Waals surface area (Å²) in [6.07, 6.45) is 5.01. The molecule has 2 unspecified atom stereocenters. The summed E-state index contributed by atoms with van der Waals surface area (Å²) in [5, 5.41) is 0. The van der Waals surface area contributed by atoms with E-state index in [1.165, 1.54) is 36.9 Å². The summed E-state index contributed by atoms with van der Waals surface area (Å²) < 4.78 is 0. The summed E-state index contributed by atoms with van der Waals surface area (Å²) in [4.78, 5) is 9.53. The lowest BCUT2D eigenvalue weighted by molar-refractivity contribution is 0.122. The molecule has 1 spiro atoms. The van der Waals surface area contributed by atoms with Gasteiger partial charge in [-0.05, 0) is 57.4 Å². The summed E-state index contributed by atoms with van der Waals surface area (Å²) in [5.41, 5.74) is 8.86. The van der Waals surface area contributed by atoms with Crippen LogP contribution in [0.3, 0.4) is 0 Å². The van der Waals surface area contributed by atoms with Gasteiger partial charge in [0.15, 0.2) is 5.96 Å². The molecule has 2 N–H and O–H groups in total. The number of hydrogen-bond acceptors (Lipinski definition) is 4. The smallest absolute Gasteiger partial charge is 0.196 e. The first-order valence-corrected chi connectivity index (χ1v) is 7.98. The van der Waals surface area contributed by atoms with E-state index >= 15 is 0 Å². The van der Waals surface area contributed by atoms with E-state index in [-0.39, 0.29) is 5.54 Å². The van der Waals surface area contributed by atoms with Crippen LogP contribution in [0, 0.1) is 6.92 Å². The Morgan fingerprint density at radius 2 is 1.95 bits per heavy atom. The van der Waals surface area contributed by atoms with Crippen molar-refractivity contribution in [1.82, 2.24) is 4.90 Å². The molecule has 1 aromatic rings. The number of aliphatic imine (C=N–C) groups is 1. The van der Waals surface area contributed by atoms with Crippen molar-refractivity contribution in [2.75, 3.05) is 18.5 Å². The zero-order valence-electron chi connectivity index (χ0n) is 12.9. The standard InChI is InChI=1S/C17H24N4/c1-12-4-3-5-13(8-12)21-16(18)19-11-17(21)9-14-6-7-15(10-17)20(14)2/h3-5,8,14-15H,6-7,9-11H2,1-2H3,(H2,18,19). The van der Waals surface area contributed by atoms with E-state index < -0.39 is 0 Å². The van der Waals surface area contributed by atoms with Crippen molar-refractivity contribution in [2.45, 2.75) is 50.2 Å². The Hall–Kier alpha value is -1.55. The van der Waals surface area contributed by atoms with Crippen LogP contribution in [0.1, 0.15) is 31.2 Å². The molecule has 0 saturated carbocycles. The molecule has 3 aliphatic rings. The fourth-order valence-electron chi connectivity index (χ4n) is 4.64. The molecule has 2 fully saturated rings. The van der Waals surface area contributed by atoms with Crippen molar-refractivity contribution in [3.05, 3.63) is 29.8 Å². The van der Waals surface area contributed by atoms with Crippen molar-refractivity contribution in [3.8, 4) is 0 Å². The highest BCUT2D eigenvalue weighted by Crippen LogP contribution is 2.46.